The molecule has 0 aromatic heterocycles. The first kappa shape index (κ1) is 11.7. The van der Waals surface area contributed by atoms with E-state index in [1.807, 2.05) is 18.2 Å². The molecule has 1 heteroatoms. The summed E-state index contributed by atoms with van der Waals surface area (Å²) in [5.74, 6) is 1.83. The van der Waals surface area contributed by atoms with Gasteiger partial charge in [0.05, 0.1) is 0 Å². The van der Waals surface area contributed by atoms with Gasteiger partial charge in [0, 0.05) is 0 Å². The Bertz CT molecular complexity index is 524. The first-order chi connectivity index (χ1) is 8.08. The Kier molecular flexibility index (Phi) is 3.19. The van der Waals surface area contributed by atoms with E-state index in [1.54, 1.807) is 0 Å². The molecule has 0 heterocycles. The van der Waals surface area contributed by atoms with Crippen LogP contribution in [0.5, 0.6) is 11.5 Å². The van der Waals surface area contributed by atoms with Crippen LogP contribution in [0.25, 0.3) is 0 Å². The zero-order chi connectivity index (χ0) is 12.4. The highest BCUT2D eigenvalue weighted by atomic mass is 16.5. The van der Waals surface area contributed by atoms with Gasteiger partial charge in [0.25, 0.3) is 0 Å². The fourth-order valence-electron chi connectivity index (χ4n) is 1.78. The molecule has 0 atom stereocenters. The third kappa shape index (κ3) is 2.50. The van der Waals surface area contributed by atoms with Crippen molar-refractivity contribution in [1.29, 1.82) is 0 Å². The molecular formula is C16H18O. The third-order valence-electron chi connectivity index (χ3n) is 3.26. The quantitative estimate of drug-likeness (QED) is 0.720. The van der Waals surface area contributed by atoms with E-state index in [2.05, 4.69) is 45.9 Å². The third-order valence-corrected chi connectivity index (χ3v) is 3.26. The summed E-state index contributed by atoms with van der Waals surface area (Å²) in [7, 11) is 0. The van der Waals surface area contributed by atoms with Crippen LogP contribution in [0.4, 0.5) is 0 Å². The average molecular weight is 226 g/mol. The molecular weight excluding hydrogens is 208 g/mol. The summed E-state index contributed by atoms with van der Waals surface area (Å²) in [6.45, 7) is 8.43. The molecule has 0 aliphatic heterocycles. The van der Waals surface area contributed by atoms with E-state index in [0.29, 0.717) is 0 Å². The molecule has 0 spiro atoms. The molecule has 88 valence electrons. The van der Waals surface area contributed by atoms with Gasteiger partial charge >= 0.3 is 0 Å². The minimum Gasteiger partial charge on any atom is -0.457 e. The first-order valence-electron chi connectivity index (χ1n) is 5.89. The Hall–Kier alpha value is -1.76. The van der Waals surface area contributed by atoms with Gasteiger partial charge in [-0.15, -0.1) is 0 Å². The maximum Gasteiger partial charge on any atom is 0.130 e. The summed E-state index contributed by atoms with van der Waals surface area (Å²) < 4.78 is 5.90. The molecule has 0 N–H and O–H groups in total. The smallest absolute Gasteiger partial charge is 0.130 e. The lowest BCUT2D eigenvalue weighted by Gasteiger charge is -2.12. The number of benzene rings is 2. The van der Waals surface area contributed by atoms with Crippen LogP contribution >= 0.6 is 0 Å². The second kappa shape index (κ2) is 4.62. The van der Waals surface area contributed by atoms with Crippen molar-refractivity contribution in [3.8, 4) is 11.5 Å². The van der Waals surface area contributed by atoms with Crippen molar-refractivity contribution in [2.24, 2.45) is 0 Å². The predicted molar refractivity (Wildman–Crippen MR) is 71.9 cm³/mol. The van der Waals surface area contributed by atoms with Crippen LogP contribution in [-0.2, 0) is 0 Å². The molecule has 0 amide bonds. The number of hydrogen-bond acceptors (Lipinski definition) is 1. The topological polar surface area (TPSA) is 9.23 Å². The molecule has 0 aliphatic carbocycles. The van der Waals surface area contributed by atoms with Gasteiger partial charge in [0.2, 0.25) is 0 Å². The highest BCUT2D eigenvalue weighted by Gasteiger charge is 2.05. The van der Waals surface area contributed by atoms with Crippen molar-refractivity contribution in [2.75, 3.05) is 0 Å². The molecule has 0 aliphatic rings. The zero-order valence-electron chi connectivity index (χ0n) is 10.9. The van der Waals surface area contributed by atoms with Crippen LogP contribution in [0.15, 0.2) is 36.4 Å². The highest BCUT2D eigenvalue weighted by Crippen LogP contribution is 2.28. The lowest BCUT2D eigenvalue weighted by atomic mass is 10.0. The molecule has 17 heavy (non-hydrogen) atoms. The van der Waals surface area contributed by atoms with E-state index in [-0.39, 0.29) is 0 Å². The first-order valence-corrected chi connectivity index (χ1v) is 5.89. The largest absolute Gasteiger partial charge is 0.457 e. The Morgan fingerprint density at radius 3 is 2.00 bits per heavy atom. The Morgan fingerprint density at radius 1 is 0.706 bits per heavy atom. The lowest BCUT2D eigenvalue weighted by Crippen LogP contribution is -1.92. The summed E-state index contributed by atoms with van der Waals surface area (Å²) in [4.78, 5) is 0. The molecule has 0 fully saturated rings. The molecule has 0 saturated heterocycles. The van der Waals surface area contributed by atoms with Crippen molar-refractivity contribution in [3.63, 3.8) is 0 Å². The maximum atomic E-state index is 5.90. The van der Waals surface area contributed by atoms with Crippen LogP contribution < -0.4 is 4.74 Å². The fraction of sp³-hybridized carbons (Fsp3) is 0.250. The minimum absolute atomic E-state index is 0.891. The molecule has 0 unspecified atom stereocenters. The van der Waals surface area contributed by atoms with Gasteiger partial charge in [-0.25, -0.2) is 0 Å². The average Bonchev–Trinajstić information content (AvgIpc) is 2.33. The van der Waals surface area contributed by atoms with Crippen LogP contribution in [0, 0.1) is 27.7 Å². The zero-order valence-corrected chi connectivity index (χ0v) is 10.9. The van der Waals surface area contributed by atoms with Gasteiger partial charge in [-0.05, 0) is 62.6 Å². The molecule has 1 nitrogen and oxygen atoms in total. The second-order valence-electron chi connectivity index (χ2n) is 4.55. The Morgan fingerprint density at radius 2 is 1.35 bits per heavy atom. The van der Waals surface area contributed by atoms with E-state index >= 15 is 0 Å². The van der Waals surface area contributed by atoms with Crippen LogP contribution in [0.2, 0.25) is 0 Å². The maximum absolute atomic E-state index is 5.90. The summed E-state index contributed by atoms with van der Waals surface area (Å²) in [5.41, 5.74) is 5.06. The van der Waals surface area contributed by atoms with Crippen molar-refractivity contribution in [3.05, 3.63) is 58.7 Å². The predicted octanol–water partition coefficient (Wildman–Crippen LogP) is 4.71. The molecule has 0 radical (unpaired) electrons. The van der Waals surface area contributed by atoms with Gasteiger partial charge in [-0.2, -0.15) is 0 Å². The molecule has 2 rings (SSSR count). The molecule has 2 aromatic carbocycles. The van der Waals surface area contributed by atoms with Crippen molar-refractivity contribution >= 4 is 0 Å². The Balaban J connectivity index is 2.30. The number of ether oxygens (including phenoxy) is 1. The van der Waals surface area contributed by atoms with Crippen molar-refractivity contribution < 1.29 is 4.74 Å². The molecule has 2 aromatic rings. The number of rotatable bonds is 2. The normalized spacial score (nSPS) is 10.4. The fourth-order valence-corrected chi connectivity index (χ4v) is 1.78. The second-order valence-corrected chi connectivity index (χ2v) is 4.55. The monoisotopic (exact) mass is 226 g/mol. The van der Waals surface area contributed by atoms with Gasteiger partial charge < -0.3 is 4.74 Å². The van der Waals surface area contributed by atoms with Crippen LogP contribution in [0.3, 0.4) is 0 Å². The summed E-state index contributed by atoms with van der Waals surface area (Å²) in [6, 6.07) is 12.3. The minimum atomic E-state index is 0.891. The van der Waals surface area contributed by atoms with E-state index < -0.39 is 0 Å². The van der Waals surface area contributed by atoms with Gasteiger partial charge in [-0.3, -0.25) is 0 Å². The highest BCUT2D eigenvalue weighted by molar-refractivity contribution is 5.45. The van der Waals surface area contributed by atoms with Crippen LogP contribution in [-0.4, -0.2) is 0 Å². The molecule has 0 saturated carbocycles. The van der Waals surface area contributed by atoms with Gasteiger partial charge in [-0.1, -0.05) is 23.8 Å². The molecule has 0 bridgehead atoms. The van der Waals surface area contributed by atoms with Gasteiger partial charge in [0.15, 0.2) is 0 Å². The number of hydrogen-bond donors (Lipinski definition) is 0. The SMILES string of the molecule is Cc1ccc(Oc2ccc(C)c(C)c2C)cc1. The van der Waals surface area contributed by atoms with E-state index in [0.717, 1.165) is 11.5 Å². The lowest BCUT2D eigenvalue weighted by molar-refractivity contribution is 0.478. The van der Waals surface area contributed by atoms with E-state index in [9.17, 15) is 0 Å². The van der Waals surface area contributed by atoms with Crippen molar-refractivity contribution in [2.45, 2.75) is 27.7 Å². The summed E-state index contributed by atoms with van der Waals surface area (Å²) >= 11 is 0. The Labute approximate surface area is 103 Å². The van der Waals surface area contributed by atoms with E-state index in [1.165, 1.54) is 22.3 Å². The van der Waals surface area contributed by atoms with Crippen molar-refractivity contribution in [1.82, 2.24) is 0 Å². The van der Waals surface area contributed by atoms with E-state index in [4.69, 9.17) is 4.74 Å². The van der Waals surface area contributed by atoms with Gasteiger partial charge in [0.1, 0.15) is 11.5 Å². The summed E-state index contributed by atoms with van der Waals surface area (Å²) in [6.07, 6.45) is 0. The summed E-state index contributed by atoms with van der Waals surface area (Å²) in [5, 5.41) is 0. The standard InChI is InChI=1S/C16H18O/c1-11-5-8-15(9-6-11)17-16-10-7-12(2)13(3)14(16)4/h5-10H,1-4H3. The van der Waals surface area contributed by atoms with Crippen LogP contribution in [0.1, 0.15) is 22.3 Å². The number of aryl methyl sites for hydroxylation is 2.